The van der Waals surface area contributed by atoms with Crippen molar-refractivity contribution in [3.63, 3.8) is 0 Å². The van der Waals surface area contributed by atoms with Gasteiger partial charge < -0.3 is 4.90 Å². The van der Waals surface area contributed by atoms with E-state index in [0.717, 1.165) is 10.2 Å². The molecule has 0 fully saturated rings. The molecule has 0 saturated carbocycles. The second-order valence-corrected chi connectivity index (χ2v) is 5.20. The smallest absolute Gasteiger partial charge is 0.193 e. The Bertz CT molecular complexity index is 561. The zero-order chi connectivity index (χ0) is 13.1. The molecule has 0 aliphatic heterocycles. The minimum atomic E-state index is 0.0432. The normalized spacial score (nSPS) is 10.2. The lowest BCUT2D eigenvalue weighted by molar-refractivity contribution is 0.103. The molecule has 0 unspecified atom stereocenters. The fraction of sp³-hybridized carbons (Fsp3) is 0.133. The lowest BCUT2D eigenvalue weighted by atomic mass is 10.0. The van der Waals surface area contributed by atoms with Gasteiger partial charge >= 0.3 is 0 Å². The Hall–Kier alpha value is -1.61. The zero-order valence-electron chi connectivity index (χ0n) is 10.4. The first-order valence-corrected chi connectivity index (χ1v) is 6.45. The van der Waals surface area contributed by atoms with Gasteiger partial charge in [0.05, 0.1) is 0 Å². The van der Waals surface area contributed by atoms with Crippen LogP contribution in [-0.4, -0.2) is 19.9 Å². The highest BCUT2D eigenvalue weighted by molar-refractivity contribution is 9.10. The van der Waals surface area contributed by atoms with Gasteiger partial charge in [-0.3, -0.25) is 4.79 Å². The van der Waals surface area contributed by atoms with Gasteiger partial charge in [-0.2, -0.15) is 0 Å². The first-order chi connectivity index (χ1) is 8.58. The Kier molecular flexibility index (Phi) is 3.82. The fourth-order valence-corrected chi connectivity index (χ4v) is 2.11. The molecule has 0 aromatic heterocycles. The minimum Gasteiger partial charge on any atom is -0.378 e. The van der Waals surface area contributed by atoms with Gasteiger partial charge in [0.25, 0.3) is 0 Å². The summed E-state index contributed by atoms with van der Waals surface area (Å²) >= 11 is 3.37. The van der Waals surface area contributed by atoms with Gasteiger partial charge in [0, 0.05) is 35.4 Å². The van der Waals surface area contributed by atoms with E-state index in [2.05, 4.69) is 15.9 Å². The number of halogens is 1. The number of ketones is 1. The molecule has 0 heterocycles. The van der Waals surface area contributed by atoms with Crippen LogP contribution in [0.2, 0.25) is 0 Å². The lowest BCUT2D eigenvalue weighted by Crippen LogP contribution is -2.09. The Labute approximate surface area is 115 Å². The van der Waals surface area contributed by atoms with Crippen molar-refractivity contribution < 1.29 is 4.79 Å². The topological polar surface area (TPSA) is 20.3 Å². The van der Waals surface area contributed by atoms with Gasteiger partial charge in [0.1, 0.15) is 0 Å². The average Bonchev–Trinajstić information content (AvgIpc) is 2.38. The van der Waals surface area contributed by atoms with Gasteiger partial charge in [0.15, 0.2) is 5.78 Å². The Morgan fingerprint density at radius 1 is 1.00 bits per heavy atom. The molecule has 18 heavy (non-hydrogen) atoms. The minimum absolute atomic E-state index is 0.0432. The quantitative estimate of drug-likeness (QED) is 0.805. The van der Waals surface area contributed by atoms with Crippen molar-refractivity contribution in [1.29, 1.82) is 0 Å². The molecule has 0 spiro atoms. The summed E-state index contributed by atoms with van der Waals surface area (Å²) in [7, 11) is 3.95. The summed E-state index contributed by atoms with van der Waals surface area (Å²) in [5, 5.41) is 0. The number of benzene rings is 2. The van der Waals surface area contributed by atoms with E-state index in [0.29, 0.717) is 11.1 Å². The van der Waals surface area contributed by atoms with E-state index < -0.39 is 0 Å². The number of carbonyl (C=O) groups is 1. The van der Waals surface area contributed by atoms with E-state index in [1.54, 1.807) is 0 Å². The predicted molar refractivity (Wildman–Crippen MR) is 78.3 cm³/mol. The van der Waals surface area contributed by atoms with Gasteiger partial charge in [-0.1, -0.05) is 28.1 Å². The SMILES string of the molecule is CN(C)c1ccc(C(=O)c2cccc(Br)c2)cc1. The largest absolute Gasteiger partial charge is 0.378 e. The fourth-order valence-electron chi connectivity index (χ4n) is 1.71. The summed E-state index contributed by atoms with van der Waals surface area (Å²) in [5.74, 6) is 0.0432. The highest BCUT2D eigenvalue weighted by atomic mass is 79.9. The van der Waals surface area contributed by atoms with E-state index in [1.807, 2.05) is 67.5 Å². The van der Waals surface area contributed by atoms with Crippen molar-refractivity contribution in [2.45, 2.75) is 0 Å². The Balaban J connectivity index is 2.29. The van der Waals surface area contributed by atoms with Crippen LogP contribution in [0.1, 0.15) is 15.9 Å². The number of carbonyl (C=O) groups excluding carboxylic acids is 1. The van der Waals surface area contributed by atoms with Gasteiger partial charge in [0.2, 0.25) is 0 Å². The van der Waals surface area contributed by atoms with E-state index in [1.165, 1.54) is 0 Å². The van der Waals surface area contributed by atoms with Gasteiger partial charge in [-0.15, -0.1) is 0 Å². The second kappa shape index (κ2) is 5.36. The van der Waals surface area contributed by atoms with Gasteiger partial charge in [-0.25, -0.2) is 0 Å². The van der Waals surface area contributed by atoms with E-state index >= 15 is 0 Å². The molecule has 0 atom stereocenters. The number of hydrogen-bond acceptors (Lipinski definition) is 2. The van der Waals surface area contributed by atoms with Crippen LogP contribution in [0.3, 0.4) is 0 Å². The van der Waals surface area contributed by atoms with Crippen molar-refractivity contribution in [2.24, 2.45) is 0 Å². The van der Waals surface area contributed by atoms with Gasteiger partial charge in [-0.05, 0) is 36.4 Å². The number of nitrogens with zero attached hydrogens (tertiary/aromatic N) is 1. The van der Waals surface area contributed by atoms with Crippen LogP contribution in [-0.2, 0) is 0 Å². The first kappa shape index (κ1) is 12.8. The molecule has 3 heteroatoms. The van der Waals surface area contributed by atoms with Crippen molar-refractivity contribution in [1.82, 2.24) is 0 Å². The van der Waals surface area contributed by atoms with Crippen LogP contribution < -0.4 is 4.90 Å². The third-order valence-electron chi connectivity index (χ3n) is 2.73. The summed E-state index contributed by atoms with van der Waals surface area (Å²) < 4.78 is 0.915. The van der Waals surface area contributed by atoms with E-state index in [-0.39, 0.29) is 5.78 Å². The Morgan fingerprint density at radius 3 is 2.22 bits per heavy atom. The van der Waals surface area contributed by atoms with Crippen LogP contribution >= 0.6 is 15.9 Å². The number of rotatable bonds is 3. The molecule has 0 amide bonds. The third-order valence-corrected chi connectivity index (χ3v) is 3.23. The number of hydrogen-bond donors (Lipinski definition) is 0. The predicted octanol–water partition coefficient (Wildman–Crippen LogP) is 3.75. The molecule has 2 nitrogen and oxygen atoms in total. The van der Waals surface area contributed by atoms with Crippen molar-refractivity contribution in [2.75, 3.05) is 19.0 Å². The molecular formula is C15H14BrNO. The molecular weight excluding hydrogens is 290 g/mol. The molecule has 92 valence electrons. The number of anilines is 1. The summed E-state index contributed by atoms with van der Waals surface area (Å²) in [6, 6.07) is 15.1. The van der Waals surface area contributed by atoms with Crippen LogP contribution in [0, 0.1) is 0 Å². The van der Waals surface area contributed by atoms with Crippen LogP contribution in [0.5, 0.6) is 0 Å². The molecule has 0 saturated heterocycles. The molecule has 0 aliphatic rings. The summed E-state index contributed by atoms with van der Waals surface area (Å²) in [4.78, 5) is 14.3. The Morgan fingerprint density at radius 2 is 1.67 bits per heavy atom. The third kappa shape index (κ3) is 2.79. The van der Waals surface area contributed by atoms with Crippen LogP contribution in [0.15, 0.2) is 53.0 Å². The molecule has 2 rings (SSSR count). The highest BCUT2D eigenvalue weighted by Gasteiger charge is 2.09. The molecule has 0 bridgehead atoms. The maximum Gasteiger partial charge on any atom is 0.193 e. The summed E-state index contributed by atoms with van der Waals surface area (Å²) in [5.41, 5.74) is 2.49. The average molecular weight is 304 g/mol. The highest BCUT2D eigenvalue weighted by Crippen LogP contribution is 2.18. The molecule has 0 radical (unpaired) electrons. The second-order valence-electron chi connectivity index (χ2n) is 4.28. The van der Waals surface area contributed by atoms with Crippen molar-refractivity contribution in [3.05, 3.63) is 64.1 Å². The molecule has 2 aromatic carbocycles. The maximum atomic E-state index is 12.2. The zero-order valence-corrected chi connectivity index (χ0v) is 11.9. The molecule has 0 N–H and O–H groups in total. The van der Waals surface area contributed by atoms with Crippen LogP contribution in [0.4, 0.5) is 5.69 Å². The summed E-state index contributed by atoms with van der Waals surface area (Å²) in [6.45, 7) is 0. The van der Waals surface area contributed by atoms with E-state index in [4.69, 9.17) is 0 Å². The molecule has 2 aromatic rings. The van der Waals surface area contributed by atoms with Crippen molar-refractivity contribution in [3.8, 4) is 0 Å². The lowest BCUT2D eigenvalue weighted by Gasteiger charge is -2.12. The maximum absolute atomic E-state index is 12.2. The van der Waals surface area contributed by atoms with E-state index in [9.17, 15) is 4.79 Å². The summed E-state index contributed by atoms with van der Waals surface area (Å²) in [6.07, 6.45) is 0. The standard InChI is InChI=1S/C15H14BrNO/c1-17(2)14-8-6-11(7-9-14)15(18)12-4-3-5-13(16)10-12/h3-10H,1-2H3. The van der Waals surface area contributed by atoms with Crippen LogP contribution in [0.25, 0.3) is 0 Å². The first-order valence-electron chi connectivity index (χ1n) is 5.65. The van der Waals surface area contributed by atoms with Crippen molar-refractivity contribution >= 4 is 27.4 Å². The monoisotopic (exact) mass is 303 g/mol. The molecule has 0 aliphatic carbocycles.